The van der Waals surface area contributed by atoms with Crippen molar-refractivity contribution in [3.63, 3.8) is 0 Å². The Labute approximate surface area is 177 Å². The lowest BCUT2D eigenvalue weighted by molar-refractivity contribution is -0.135. The lowest BCUT2D eigenvalue weighted by Crippen LogP contribution is -2.52. The van der Waals surface area contributed by atoms with Crippen LogP contribution in [-0.2, 0) is 20.2 Å². The molecule has 5 nitrogen and oxygen atoms in total. The predicted octanol–water partition coefficient (Wildman–Crippen LogP) is 3.52. The number of benzene rings is 2. The fourth-order valence-corrected chi connectivity index (χ4v) is 5.61. The zero-order valence-electron chi connectivity index (χ0n) is 16.7. The van der Waals surface area contributed by atoms with Crippen molar-refractivity contribution in [2.24, 2.45) is 0 Å². The summed E-state index contributed by atoms with van der Waals surface area (Å²) >= 11 is 5.98. The molecule has 7 heteroatoms. The smallest absolute Gasteiger partial charge is 0.243 e. The Kier molecular flexibility index (Phi) is 5.21. The third kappa shape index (κ3) is 3.69. The number of halogens is 1. The fraction of sp³-hybridized carbons (Fsp3) is 0.409. The molecule has 0 bridgehead atoms. The van der Waals surface area contributed by atoms with E-state index in [-0.39, 0.29) is 5.91 Å². The van der Waals surface area contributed by atoms with E-state index in [9.17, 15) is 13.2 Å². The summed E-state index contributed by atoms with van der Waals surface area (Å²) in [6.07, 6.45) is 1.66. The molecule has 1 saturated heterocycles. The molecule has 0 radical (unpaired) electrons. The summed E-state index contributed by atoms with van der Waals surface area (Å²) in [5, 5.41) is 0.655. The molecule has 1 saturated carbocycles. The quantitative estimate of drug-likeness (QED) is 0.742. The number of carbonyl (C=O) groups is 1. The Morgan fingerprint density at radius 1 is 0.931 bits per heavy atom. The Morgan fingerprint density at radius 3 is 2.10 bits per heavy atom. The van der Waals surface area contributed by atoms with Crippen LogP contribution in [0.3, 0.4) is 0 Å². The van der Waals surface area contributed by atoms with Gasteiger partial charge in [0, 0.05) is 31.2 Å². The average molecular weight is 433 g/mol. The van der Waals surface area contributed by atoms with Crippen molar-refractivity contribution in [2.45, 2.75) is 37.0 Å². The van der Waals surface area contributed by atoms with Gasteiger partial charge in [0.2, 0.25) is 15.9 Å². The highest BCUT2D eigenvalue weighted by Crippen LogP contribution is 2.50. The van der Waals surface area contributed by atoms with Crippen molar-refractivity contribution in [1.82, 2.24) is 9.21 Å². The van der Waals surface area contributed by atoms with E-state index >= 15 is 0 Å². The van der Waals surface area contributed by atoms with Gasteiger partial charge in [-0.05, 0) is 67.6 Å². The van der Waals surface area contributed by atoms with Gasteiger partial charge in [-0.15, -0.1) is 0 Å². The number of hydrogen-bond donors (Lipinski definition) is 0. The number of amides is 1. The number of rotatable bonds is 4. The summed E-state index contributed by atoms with van der Waals surface area (Å²) in [5.74, 6) is 0.100. The van der Waals surface area contributed by atoms with Crippen LogP contribution in [0.4, 0.5) is 0 Å². The molecule has 2 aromatic carbocycles. The summed E-state index contributed by atoms with van der Waals surface area (Å²) in [6.45, 7) is 5.34. The monoisotopic (exact) mass is 432 g/mol. The van der Waals surface area contributed by atoms with E-state index in [2.05, 4.69) is 0 Å². The number of piperazine rings is 1. The summed E-state index contributed by atoms with van der Waals surface area (Å²) < 4.78 is 27.5. The summed E-state index contributed by atoms with van der Waals surface area (Å²) in [7, 11) is -3.55. The zero-order chi connectivity index (χ0) is 20.8. The Hall–Kier alpha value is -1.89. The van der Waals surface area contributed by atoms with Crippen LogP contribution in [0.5, 0.6) is 0 Å². The number of aryl methyl sites for hydroxylation is 2. The molecule has 0 atom stereocenters. The molecule has 2 aromatic rings. The predicted molar refractivity (Wildman–Crippen MR) is 114 cm³/mol. The first-order valence-electron chi connectivity index (χ1n) is 9.87. The standard InChI is InChI=1S/C22H25ClN2O3S/c1-16-3-8-20(15-17(16)2)29(27,28)25-13-11-24(12-14-25)21(26)22(9-10-22)18-4-6-19(23)7-5-18/h3-8,15H,9-14H2,1-2H3. The molecular formula is C22H25ClN2O3S. The first-order chi connectivity index (χ1) is 13.7. The van der Waals surface area contributed by atoms with Gasteiger partial charge in [-0.2, -0.15) is 4.31 Å². The summed E-state index contributed by atoms with van der Waals surface area (Å²) in [4.78, 5) is 15.3. The van der Waals surface area contributed by atoms with Gasteiger partial charge in [-0.25, -0.2) is 8.42 Å². The van der Waals surface area contributed by atoms with Crippen molar-refractivity contribution in [3.8, 4) is 0 Å². The Morgan fingerprint density at radius 2 is 1.55 bits per heavy atom. The van der Waals surface area contributed by atoms with Gasteiger partial charge in [0.1, 0.15) is 0 Å². The fourth-order valence-electron chi connectivity index (χ4n) is 3.98. The van der Waals surface area contributed by atoms with Crippen LogP contribution in [0.15, 0.2) is 47.4 Å². The second-order valence-corrected chi connectivity index (χ2v) is 10.4. The lowest BCUT2D eigenvalue weighted by atomic mass is 9.94. The Balaban J connectivity index is 1.46. The zero-order valence-corrected chi connectivity index (χ0v) is 18.3. The highest BCUT2D eigenvalue weighted by molar-refractivity contribution is 7.89. The van der Waals surface area contributed by atoms with Crippen molar-refractivity contribution in [2.75, 3.05) is 26.2 Å². The lowest BCUT2D eigenvalue weighted by Gasteiger charge is -2.36. The molecule has 1 aliphatic heterocycles. The third-order valence-electron chi connectivity index (χ3n) is 6.20. The van der Waals surface area contributed by atoms with E-state index in [0.717, 1.165) is 29.5 Å². The van der Waals surface area contributed by atoms with Crippen molar-refractivity contribution < 1.29 is 13.2 Å². The van der Waals surface area contributed by atoms with Gasteiger partial charge >= 0.3 is 0 Å². The highest BCUT2D eigenvalue weighted by Gasteiger charge is 2.53. The largest absolute Gasteiger partial charge is 0.339 e. The topological polar surface area (TPSA) is 57.7 Å². The van der Waals surface area contributed by atoms with E-state index < -0.39 is 15.4 Å². The number of carbonyl (C=O) groups excluding carboxylic acids is 1. The molecule has 0 spiro atoms. The average Bonchev–Trinajstić information content (AvgIpc) is 3.52. The van der Waals surface area contributed by atoms with Crippen LogP contribution < -0.4 is 0 Å². The number of hydrogen-bond acceptors (Lipinski definition) is 3. The van der Waals surface area contributed by atoms with Crippen LogP contribution in [0.25, 0.3) is 0 Å². The number of sulfonamides is 1. The normalized spacial score (nSPS) is 19.2. The van der Waals surface area contributed by atoms with E-state index in [4.69, 9.17) is 11.6 Å². The molecule has 1 heterocycles. The van der Waals surface area contributed by atoms with Gasteiger partial charge < -0.3 is 4.90 Å². The van der Waals surface area contributed by atoms with E-state index in [1.54, 1.807) is 12.1 Å². The molecule has 154 valence electrons. The van der Waals surface area contributed by atoms with Crippen LogP contribution in [0, 0.1) is 13.8 Å². The molecule has 2 aliphatic rings. The minimum absolute atomic E-state index is 0.100. The Bertz CT molecular complexity index is 1040. The van der Waals surface area contributed by atoms with E-state index in [0.29, 0.717) is 36.1 Å². The van der Waals surface area contributed by atoms with Crippen molar-refractivity contribution >= 4 is 27.5 Å². The molecule has 0 N–H and O–H groups in total. The van der Waals surface area contributed by atoms with E-state index in [1.165, 1.54) is 4.31 Å². The summed E-state index contributed by atoms with van der Waals surface area (Å²) in [6, 6.07) is 12.7. The second kappa shape index (κ2) is 7.42. The molecule has 0 aromatic heterocycles. The van der Waals surface area contributed by atoms with Crippen LogP contribution >= 0.6 is 11.6 Å². The van der Waals surface area contributed by atoms with Gasteiger partial charge in [0.25, 0.3) is 0 Å². The first kappa shape index (κ1) is 20.4. The van der Waals surface area contributed by atoms with E-state index in [1.807, 2.05) is 49.1 Å². The summed E-state index contributed by atoms with van der Waals surface area (Å²) in [5.41, 5.74) is 2.56. The SMILES string of the molecule is Cc1ccc(S(=O)(=O)N2CCN(C(=O)C3(c4ccc(Cl)cc4)CC3)CC2)cc1C. The molecule has 29 heavy (non-hydrogen) atoms. The van der Waals surface area contributed by atoms with Crippen molar-refractivity contribution in [3.05, 3.63) is 64.2 Å². The van der Waals surface area contributed by atoms with Crippen molar-refractivity contribution in [1.29, 1.82) is 0 Å². The number of nitrogens with zero attached hydrogens (tertiary/aromatic N) is 2. The van der Waals surface area contributed by atoms with Gasteiger partial charge in [-0.3, -0.25) is 4.79 Å². The van der Waals surface area contributed by atoms with Gasteiger partial charge in [-0.1, -0.05) is 29.8 Å². The first-order valence-corrected chi connectivity index (χ1v) is 11.7. The maximum Gasteiger partial charge on any atom is 0.243 e. The van der Waals surface area contributed by atoms with Crippen LogP contribution in [-0.4, -0.2) is 49.7 Å². The molecule has 2 fully saturated rings. The minimum atomic E-state index is -3.55. The van der Waals surface area contributed by atoms with Crippen LogP contribution in [0.1, 0.15) is 29.5 Å². The highest BCUT2D eigenvalue weighted by atomic mass is 35.5. The van der Waals surface area contributed by atoms with Gasteiger partial charge in [0.05, 0.1) is 10.3 Å². The maximum atomic E-state index is 13.2. The molecule has 0 unspecified atom stereocenters. The molecule has 1 amide bonds. The third-order valence-corrected chi connectivity index (χ3v) is 8.34. The molecule has 4 rings (SSSR count). The minimum Gasteiger partial charge on any atom is -0.339 e. The maximum absolute atomic E-state index is 13.2. The molecule has 1 aliphatic carbocycles. The van der Waals surface area contributed by atoms with Crippen LogP contribution in [0.2, 0.25) is 5.02 Å². The molecular weight excluding hydrogens is 408 g/mol. The second-order valence-electron chi connectivity index (χ2n) is 8.03. The van der Waals surface area contributed by atoms with Gasteiger partial charge in [0.15, 0.2) is 0 Å².